The molecule has 0 amide bonds. The standard InChI is InChI=1S/C10H15NO2S/c1-8(11)7-9-3-5-10(6-4-9)14(2,12)13/h3-6,8H,7,11H2,1-2H3/t8-/m1/s1. The van der Waals surface area contributed by atoms with Crippen molar-refractivity contribution in [1.29, 1.82) is 0 Å². The minimum absolute atomic E-state index is 0.0964. The first kappa shape index (κ1) is 11.2. The Morgan fingerprint density at radius 1 is 1.29 bits per heavy atom. The van der Waals surface area contributed by atoms with Crippen LogP contribution in [-0.2, 0) is 16.3 Å². The van der Waals surface area contributed by atoms with Crippen LogP contribution in [0.15, 0.2) is 29.2 Å². The molecule has 3 nitrogen and oxygen atoms in total. The second kappa shape index (κ2) is 4.11. The average Bonchev–Trinajstić information content (AvgIpc) is 2.02. The van der Waals surface area contributed by atoms with Crippen LogP contribution in [0.25, 0.3) is 0 Å². The second-order valence-corrected chi connectivity index (χ2v) is 5.61. The van der Waals surface area contributed by atoms with Crippen molar-refractivity contribution in [3.05, 3.63) is 29.8 Å². The van der Waals surface area contributed by atoms with Gasteiger partial charge in [0.1, 0.15) is 0 Å². The SMILES string of the molecule is C[C@@H](N)Cc1ccc(S(C)(=O)=O)cc1. The molecule has 0 fully saturated rings. The van der Waals surface area contributed by atoms with Gasteiger partial charge < -0.3 is 5.73 Å². The van der Waals surface area contributed by atoms with Crippen LogP contribution in [0.4, 0.5) is 0 Å². The fourth-order valence-corrected chi connectivity index (χ4v) is 1.87. The van der Waals surface area contributed by atoms with Gasteiger partial charge in [-0.25, -0.2) is 8.42 Å². The third-order valence-electron chi connectivity index (χ3n) is 1.91. The molecule has 0 radical (unpaired) electrons. The van der Waals surface area contributed by atoms with Crippen LogP contribution in [0.5, 0.6) is 0 Å². The zero-order valence-corrected chi connectivity index (χ0v) is 9.21. The Labute approximate surface area is 84.9 Å². The van der Waals surface area contributed by atoms with Gasteiger partial charge in [-0.2, -0.15) is 0 Å². The van der Waals surface area contributed by atoms with Gasteiger partial charge in [0.15, 0.2) is 9.84 Å². The number of sulfone groups is 1. The fourth-order valence-electron chi connectivity index (χ4n) is 1.24. The van der Waals surface area contributed by atoms with E-state index in [-0.39, 0.29) is 6.04 Å². The van der Waals surface area contributed by atoms with Crippen molar-refractivity contribution in [3.63, 3.8) is 0 Å². The summed E-state index contributed by atoms with van der Waals surface area (Å²) >= 11 is 0. The molecule has 1 aromatic rings. The molecular formula is C10H15NO2S. The summed E-state index contributed by atoms with van der Waals surface area (Å²) in [6, 6.07) is 6.94. The van der Waals surface area contributed by atoms with Gasteiger partial charge >= 0.3 is 0 Å². The summed E-state index contributed by atoms with van der Waals surface area (Å²) in [4.78, 5) is 0.353. The highest BCUT2D eigenvalue weighted by molar-refractivity contribution is 7.90. The lowest BCUT2D eigenvalue weighted by Gasteiger charge is -2.05. The minimum Gasteiger partial charge on any atom is -0.328 e. The van der Waals surface area contributed by atoms with Crippen molar-refractivity contribution in [2.75, 3.05) is 6.26 Å². The van der Waals surface area contributed by atoms with E-state index >= 15 is 0 Å². The zero-order valence-electron chi connectivity index (χ0n) is 8.40. The van der Waals surface area contributed by atoms with Gasteiger partial charge in [-0.05, 0) is 31.0 Å². The summed E-state index contributed by atoms with van der Waals surface area (Å²) in [7, 11) is -3.08. The highest BCUT2D eigenvalue weighted by Crippen LogP contribution is 2.11. The van der Waals surface area contributed by atoms with E-state index in [1.54, 1.807) is 24.3 Å². The molecule has 0 saturated carbocycles. The molecule has 2 N–H and O–H groups in total. The lowest BCUT2D eigenvalue weighted by Crippen LogP contribution is -2.17. The highest BCUT2D eigenvalue weighted by Gasteiger charge is 2.06. The van der Waals surface area contributed by atoms with Crippen molar-refractivity contribution < 1.29 is 8.42 Å². The number of hydrogen-bond acceptors (Lipinski definition) is 3. The van der Waals surface area contributed by atoms with Gasteiger partial charge in [0.05, 0.1) is 4.90 Å². The molecule has 0 spiro atoms. The van der Waals surface area contributed by atoms with Crippen molar-refractivity contribution in [2.45, 2.75) is 24.3 Å². The normalized spacial score (nSPS) is 13.9. The summed E-state index contributed by atoms with van der Waals surface area (Å²) in [5, 5.41) is 0. The predicted molar refractivity (Wildman–Crippen MR) is 56.9 cm³/mol. The molecule has 1 rings (SSSR count). The number of nitrogens with two attached hydrogens (primary N) is 1. The lowest BCUT2D eigenvalue weighted by atomic mass is 10.1. The van der Waals surface area contributed by atoms with Gasteiger partial charge in [-0.1, -0.05) is 12.1 Å². The third-order valence-corrected chi connectivity index (χ3v) is 3.04. The summed E-state index contributed by atoms with van der Waals surface area (Å²) < 4.78 is 22.3. The lowest BCUT2D eigenvalue weighted by molar-refractivity contribution is 0.602. The monoisotopic (exact) mass is 213 g/mol. The molecule has 0 aliphatic rings. The Morgan fingerprint density at radius 2 is 1.79 bits per heavy atom. The van der Waals surface area contributed by atoms with Crippen LogP contribution in [0.1, 0.15) is 12.5 Å². The average molecular weight is 213 g/mol. The van der Waals surface area contributed by atoms with E-state index in [0.29, 0.717) is 4.90 Å². The number of hydrogen-bond donors (Lipinski definition) is 1. The summed E-state index contributed by atoms with van der Waals surface area (Å²) in [5.74, 6) is 0. The Bertz CT molecular complexity index is 393. The first-order valence-corrected chi connectivity index (χ1v) is 6.33. The van der Waals surface area contributed by atoms with Crippen LogP contribution in [0, 0.1) is 0 Å². The van der Waals surface area contributed by atoms with E-state index in [1.807, 2.05) is 6.92 Å². The maximum Gasteiger partial charge on any atom is 0.175 e. The van der Waals surface area contributed by atoms with E-state index in [9.17, 15) is 8.42 Å². The molecule has 4 heteroatoms. The second-order valence-electron chi connectivity index (χ2n) is 3.60. The van der Waals surface area contributed by atoms with E-state index in [1.165, 1.54) is 6.26 Å². The first-order chi connectivity index (χ1) is 6.39. The largest absolute Gasteiger partial charge is 0.328 e. The number of benzene rings is 1. The maximum absolute atomic E-state index is 11.1. The molecule has 0 aliphatic carbocycles. The zero-order chi connectivity index (χ0) is 10.8. The van der Waals surface area contributed by atoms with E-state index < -0.39 is 9.84 Å². The van der Waals surface area contributed by atoms with E-state index in [4.69, 9.17) is 5.73 Å². The van der Waals surface area contributed by atoms with Crippen molar-refractivity contribution in [2.24, 2.45) is 5.73 Å². The van der Waals surface area contributed by atoms with Gasteiger partial charge in [0.2, 0.25) is 0 Å². The van der Waals surface area contributed by atoms with E-state index in [2.05, 4.69) is 0 Å². The molecule has 1 atom stereocenters. The van der Waals surface area contributed by atoms with Gasteiger partial charge in [0, 0.05) is 12.3 Å². The van der Waals surface area contributed by atoms with Crippen LogP contribution in [0.2, 0.25) is 0 Å². The molecule has 0 bridgehead atoms. The Balaban J connectivity index is 2.90. The van der Waals surface area contributed by atoms with Gasteiger partial charge in [-0.15, -0.1) is 0 Å². The molecule has 0 heterocycles. The maximum atomic E-state index is 11.1. The first-order valence-electron chi connectivity index (χ1n) is 4.44. The van der Waals surface area contributed by atoms with Crippen molar-refractivity contribution in [3.8, 4) is 0 Å². The summed E-state index contributed by atoms with van der Waals surface area (Å²) in [6.07, 6.45) is 1.97. The Morgan fingerprint density at radius 3 is 2.14 bits per heavy atom. The predicted octanol–water partition coefficient (Wildman–Crippen LogP) is 0.980. The summed E-state index contributed by atoms with van der Waals surface area (Å²) in [6.45, 7) is 1.92. The minimum atomic E-state index is -3.08. The van der Waals surface area contributed by atoms with Crippen LogP contribution in [0.3, 0.4) is 0 Å². The van der Waals surface area contributed by atoms with Gasteiger partial charge in [0.25, 0.3) is 0 Å². The van der Waals surface area contributed by atoms with Crippen LogP contribution < -0.4 is 5.73 Å². The van der Waals surface area contributed by atoms with E-state index in [0.717, 1.165) is 12.0 Å². The smallest absolute Gasteiger partial charge is 0.175 e. The molecule has 78 valence electrons. The van der Waals surface area contributed by atoms with Crippen molar-refractivity contribution >= 4 is 9.84 Å². The molecular weight excluding hydrogens is 198 g/mol. The van der Waals surface area contributed by atoms with Gasteiger partial charge in [-0.3, -0.25) is 0 Å². The van der Waals surface area contributed by atoms with Crippen LogP contribution in [-0.4, -0.2) is 20.7 Å². The number of rotatable bonds is 3. The quantitative estimate of drug-likeness (QED) is 0.814. The molecule has 1 aromatic carbocycles. The molecule has 0 aromatic heterocycles. The van der Waals surface area contributed by atoms with Crippen LogP contribution >= 0.6 is 0 Å². The third kappa shape index (κ3) is 3.12. The highest BCUT2D eigenvalue weighted by atomic mass is 32.2. The molecule has 0 aliphatic heterocycles. The Kier molecular flexibility index (Phi) is 3.29. The molecule has 0 saturated heterocycles. The molecule has 0 unspecified atom stereocenters. The summed E-state index contributed by atoms with van der Waals surface area (Å²) in [5.41, 5.74) is 6.69. The fraction of sp³-hybridized carbons (Fsp3) is 0.400. The Hall–Kier alpha value is -0.870. The van der Waals surface area contributed by atoms with Crippen molar-refractivity contribution in [1.82, 2.24) is 0 Å². The molecule has 14 heavy (non-hydrogen) atoms. The topological polar surface area (TPSA) is 60.2 Å².